The van der Waals surface area contributed by atoms with Crippen LogP contribution in [0.5, 0.6) is 0 Å². The summed E-state index contributed by atoms with van der Waals surface area (Å²) < 4.78 is 158. The molecule has 16 heteroatoms. The standard InChI is InChI=1S/C21H15F10N3O2S/c1-3-37(35,36)15-8-13(19(23,24)25)9-32-16(15)17-33-10-14(34(17)2)11-4-6-12(7-5-11)18(22,20(26,27)28)21(29,30)31/h4-10H,3H2,1-2H3. The number of alkyl halides is 10. The van der Waals surface area contributed by atoms with E-state index in [1.54, 1.807) is 0 Å². The summed E-state index contributed by atoms with van der Waals surface area (Å²) in [5.74, 6) is -0.837. The minimum Gasteiger partial charge on any atom is -0.326 e. The number of pyridine rings is 1. The maximum Gasteiger partial charge on any atom is 0.435 e. The number of aromatic nitrogens is 3. The van der Waals surface area contributed by atoms with Crippen molar-refractivity contribution in [3.05, 3.63) is 53.9 Å². The van der Waals surface area contributed by atoms with E-state index in [2.05, 4.69) is 9.97 Å². The molecule has 0 fully saturated rings. The van der Waals surface area contributed by atoms with Crippen LogP contribution in [0.25, 0.3) is 22.8 Å². The van der Waals surface area contributed by atoms with Gasteiger partial charge in [0.25, 0.3) is 0 Å². The molecule has 0 bridgehead atoms. The first kappa shape index (κ1) is 28.4. The van der Waals surface area contributed by atoms with Gasteiger partial charge in [0.2, 0.25) is 0 Å². The van der Waals surface area contributed by atoms with E-state index in [0.29, 0.717) is 12.3 Å². The van der Waals surface area contributed by atoms with Crippen LogP contribution in [-0.2, 0) is 28.7 Å². The van der Waals surface area contributed by atoms with Crippen LogP contribution in [0.1, 0.15) is 18.1 Å². The number of hydrogen-bond donors (Lipinski definition) is 0. The predicted octanol–water partition coefficient (Wildman–Crippen LogP) is 6.25. The Morgan fingerprint density at radius 1 is 0.811 bits per heavy atom. The van der Waals surface area contributed by atoms with Crippen molar-refractivity contribution in [3.63, 3.8) is 0 Å². The fourth-order valence-corrected chi connectivity index (χ4v) is 4.47. The molecule has 5 nitrogen and oxygen atoms in total. The van der Waals surface area contributed by atoms with Crippen LogP contribution in [0.3, 0.4) is 0 Å². The topological polar surface area (TPSA) is 64.8 Å². The minimum atomic E-state index is -6.30. The Morgan fingerprint density at radius 3 is 1.81 bits per heavy atom. The molecule has 0 saturated carbocycles. The van der Waals surface area contributed by atoms with E-state index < -0.39 is 61.5 Å². The van der Waals surface area contributed by atoms with Gasteiger partial charge in [0, 0.05) is 18.8 Å². The molecular formula is C21H15F10N3O2S. The van der Waals surface area contributed by atoms with E-state index in [0.717, 1.165) is 22.9 Å². The fraction of sp³-hybridized carbons (Fsp3) is 0.333. The Morgan fingerprint density at radius 2 is 1.35 bits per heavy atom. The van der Waals surface area contributed by atoms with Crippen molar-refractivity contribution in [2.75, 3.05) is 5.75 Å². The number of hydrogen-bond acceptors (Lipinski definition) is 4. The molecule has 0 radical (unpaired) electrons. The average molecular weight is 563 g/mol. The Bertz CT molecular complexity index is 1390. The van der Waals surface area contributed by atoms with Gasteiger partial charge in [0.15, 0.2) is 15.7 Å². The molecule has 3 aromatic rings. The van der Waals surface area contributed by atoms with Crippen LogP contribution in [0.2, 0.25) is 0 Å². The Kier molecular flexibility index (Phi) is 6.90. The van der Waals surface area contributed by atoms with Gasteiger partial charge in [-0.25, -0.2) is 17.8 Å². The first-order valence-corrected chi connectivity index (χ1v) is 11.7. The van der Waals surface area contributed by atoms with Gasteiger partial charge < -0.3 is 4.57 Å². The summed E-state index contributed by atoms with van der Waals surface area (Å²) in [6.45, 7) is 1.19. The van der Waals surface area contributed by atoms with Crippen molar-refractivity contribution in [2.24, 2.45) is 7.05 Å². The van der Waals surface area contributed by atoms with Crippen molar-refractivity contribution in [1.29, 1.82) is 0 Å². The van der Waals surface area contributed by atoms with Gasteiger partial charge in [0.05, 0.1) is 28.1 Å². The monoisotopic (exact) mass is 563 g/mol. The first-order valence-electron chi connectivity index (χ1n) is 10.0. The van der Waals surface area contributed by atoms with Gasteiger partial charge in [-0.3, -0.25) is 4.98 Å². The van der Waals surface area contributed by atoms with Gasteiger partial charge in [-0.15, -0.1) is 0 Å². The highest BCUT2D eigenvalue weighted by atomic mass is 32.2. The van der Waals surface area contributed by atoms with Crippen molar-refractivity contribution >= 4 is 9.84 Å². The van der Waals surface area contributed by atoms with Gasteiger partial charge in [0.1, 0.15) is 5.69 Å². The van der Waals surface area contributed by atoms with Crippen molar-refractivity contribution in [1.82, 2.24) is 14.5 Å². The zero-order chi connectivity index (χ0) is 28.2. The van der Waals surface area contributed by atoms with Crippen molar-refractivity contribution in [3.8, 4) is 22.8 Å². The molecule has 2 aromatic heterocycles. The average Bonchev–Trinajstić information content (AvgIpc) is 3.17. The highest BCUT2D eigenvalue weighted by Gasteiger charge is 2.73. The number of nitrogens with zero attached hydrogens (tertiary/aromatic N) is 3. The van der Waals surface area contributed by atoms with E-state index >= 15 is 0 Å². The molecule has 3 rings (SSSR count). The summed E-state index contributed by atoms with van der Waals surface area (Å²) in [5.41, 5.74) is -9.20. The summed E-state index contributed by atoms with van der Waals surface area (Å²) in [6.07, 6.45) is -16.1. The van der Waals surface area contributed by atoms with Crippen LogP contribution in [-0.4, -0.2) is 41.1 Å². The van der Waals surface area contributed by atoms with Crippen LogP contribution in [0, 0.1) is 0 Å². The molecule has 0 amide bonds. The summed E-state index contributed by atoms with van der Waals surface area (Å²) in [7, 11) is -2.99. The largest absolute Gasteiger partial charge is 0.435 e. The molecule has 0 atom stereocenters. The molecule has 37 heavy (non-hydrogen) atoms. The molecule has 202 valence electrons. The van der Waals surface area contributed by atoms with E-state index in [1.807, 2.05) is 0 Å². The van der Waals surface area contributed by atoms with E-state index in [-0.39, 0.29) is 29.2 Å². The number of sulfone groups is 1. The lowest BCUT2D eigenvalue weighted by atomic mass is 9.93. The first-order chi connectivity index (χ1) is 16.8. The molecular weight excluding hydrogens is 548 g/mol. The van der Waals surface area contributed by atoms with E-state index in [4.69, 9.17) is 0 Å². The van der Waals surface area contributed by atoms with Crippen molar-refractivity contribution < 1.29 is 52.3 Å². The van der Waals surface area contributed by atoms with E-state index in [9.17, 15) is 52.3 Å². The van der Waals surface area contributed by atoms with Crippen LogP contribution >= 0.6 is 0 Å². The highest BCUT2D eigenvalue weighted by molar-refractivity contribution is 7.91. The number of benzene rings is 1. The quantitative estimate of drug-likeness (QED) is 0.345. The number of imidazole rings is 1. The van der Waals surface area contributed by atoms with Gasteiger partial charge in [-0.2, -0.15) is 39.5 Å². The third-order valence-electron chi connectivity index (χ3n) is 5.45. The molecule has 0 aliphatic rings. The van der Waals surface area contributed by atoms with Crippen LogP contribution in [0.15, 0.2) is 47.6 Å². The molecule has 2 heterocycles. The third kappa shape index (κ3) is 4.90. The molecule has 1 aromatic carbocycles. The fourth-order valence-electron chi connectivity index (χ4n) is 3.42. The summed E-state index contributed by atoms with van der Waals surface area (Å²) in [6, 6.07) is 2.47. The zero-order valence-corrected chi connectivity index (χ0v) is 19.4. The molecule has 0 spiro atoms. The normalized spacial score (nSPS) is 13.7. The van der Waals surface area contributed by atoms with Crippen LogP contribution in [0.4, 0.5) is 43.9 Å². The SMILES string of the molecule is CCS(=O)(=O)c1cc(C(F)(F)F)cnc1-c1ncc(-c2ccc(C(F)(C(F)(F)F)C(F)(F)F)cc2)n1C. The molecule has 0 N–H and O–H groups in total. The van der Waals surface area contributed by atoms with Gasteiger partial charge >= 0.3 is 24.2 Å². The molecule has 0 saturated heterocycles. The van der Waals surface area contributed by atoms with Crippen LogP contribution < -0.4 is 0 Å². The second-order valence-corrected chi connectivity index (χ2v) is 9.98. The molecule has 0 unspecified atom stereocenters. The predicted molar refractivity (Wildman–Crippen MR) is 109 cm³/mol. The number of rotatable bonds is 5. The lowest BCUT2D eigenvalue weighted by molar-refractivity contribution is -0.348. The van der Waals surface area contributed by atoms with Crippen molar-refractivity contribution in [2.45, 2.75) is 36.0 Å². The Balaban J connectivity index is 2.13. The summed E-state index contributed by atoms with van der Waals surface area (Å²) >= 11 is 0. The minimum absolute atomic E-state index is 0.00608. The lowest BCUT2D eigenvalue weighted by Gasteiger charge is -2.30. The highest BCUT2D eigenvalue weighted by Crippen LogP contribution is 2.53. The number of halogens is 10. The van der Waals surface area contributed by atoms with Gasteiger partial charge in [-0.1, -0.05) is 31.2 Å². The smallest absolute Gasteiger partial charge is 0.326 e. The molecule has 0 aliphatic heterocycles. The maximum absolute atomic E-state index is 14.3. The zero-order valence-electron chi connectivity index (χ0n) is 18.6. The molecule has 0 aliphatic carbocycles. The van der Waals surface area contributed by atoms with Gasteiger partial charge in [-0.05, 0) is 11.6 Å². The third-order valence-corrected chi connectivity index (χ3v) is 7.20. The van der Waals surface area contributed by atoms with E-state index in [1.165, 1.54) is 14.0 Å². The lowest BCUT2D eigenvalue weighted by Crippen LogP contribution is -2.50. The second-order valence-electron chi connectivity index (χ2n) is 7.73. The Hall–Kier alpha value is -3.17. The Labute approximate surface area is 202 Å². The maximum atomic E-state index is 14.3. The summed E-state index contributed by atoms with van der Waals surface area (Å²) in [5, 5.41) is 0. The summed E-state index contributed by atoms with van der Waals surface area (Å²) in [4.78, 5) is 6.77. The second kappa shape index (κ2) is 8.99.